The first-order chi connectivity index (χ1) is 9.15. The van der Waals surface area contributed by atoms with Crippen LogP contribution in [0.4, 0.5) is 5.95 Å². The fourth-order valence-electron chi connectivity index (χ4n) is 1.56. The van der Waals surface area contributed by atoms with Crippen LogP contribution in [0.2, 0.25) is 0 Å². The Kier molecular flexibility index (Phi) is 3.82. The predicted octanol–water partition coefficient (Wildman–Crippen LogP) is -1.04. The van der Waals surface area contributed by atoms with Gasteiger partial charge in [-0.1, -0.05) is 10.2 Å². The molecule has 102 valence electrons. The monoisotopic (exact) mass is 268 g/mol. The molecule has 2 aromatic heterocycles. The van der Waals surface area contributed by atoms with Crippen molar-refractivity contribution in [3.05, 3.63) is 34.4 Å². The molecule has 19 heavy (non-hydrogen) atoms. The van der Waals surface area contributed by atoms with Gasteiger partial charge in [0.1, 0.15) is 24.6 Å². The Hall–Kier alpha value is -2.33. The van der Waals surface area contributed by atoms with Gasteiger partial charge in [0.05, 0.1) is 25.5 Å². The van der Waals surface area contributed by atoms with Gasteiger partial charge >= 0.3 is 5.95 Å². The highest BCUT2D eigenvalue weighted by molar-refractivity contribution is 5.09. The molecule has 0 aliphatic rings. The molecule has 0 saturated carbocycles. The zero-order valence-corrected chi connectivity index (χ0v) is 9.82. The number of hydrogen-bond acceptors (Lipinski definition) is 7. The molecular formula is C9H12N6O4. The summed E-state index contributed by atoms with van der Waals surface area (Å²) in [5.74, 6) is -0.282. The third kappa shape index (κ3) is 2.74. The minimum atomic E-state index is -0.589. The van der Waals surface area contributed by atoms with E-state index in [-0.39, 0.29) is 25.7 Å². The van der Waals surface area contributed by atoms with E-state index < -0.39 is 11.0 Å². The Bertz CT molecular complexity index is 561. The minimum Gasteiger partial charge on any atom is -0.394 e. The first-order valence-electron chi connectivity index (χ1n) is 5.43. The molecule has 10 heteroatoms. The number of nitrogens with zero attached hydrogens (tertiary/aromatic N) is 6. The van der Waals surface area contributed by atoms with Gasteiger partial charge in [0.15, 0.2) is 0 Å². The molecule has 0 aromatic carbocycles. The second kappa shape index (κ2) is 5.54. The third-order valence-corrected chi connectivity index (χ3v) is 2.54. The van der Waals surface area contributed by atoms with Crippen molar-refractivity contribution in [1.29, 1.82) is 0 Å². The summed E-state index contributed by atoms with van der Waals surface area (Å²) in [6.07, 6.45) is 4.31. The highest BCUT2D eigenvalue weighted by Gasteiger charge is 2.17. The lowest BCUT2D eigenvalue weighted by Gasteiger charge is -2.09. The average Bonchev–Trinajstić information content (AvgIpc) is 3.01. The van der Waals surface area contributed by atoms with Crippen molar-refractivity contribution in [2.75, 3.05) is 13.2 Å². The zero-order chi connectivity index (χ0) is 13.8. The van der Waals surface area contributed by atoms with Crippen molar-refractivity contribution in [3.8, 4) is 0 Å². The number of aromatic nitrogens is 5. The molecule has 0 bridgehead atoms. The molecule has 0 amide bonds. The van der Waals surface area contributed by atoms with Crippen molar-refractivity contribution in [2.45, 2.75) is 12.6 Å². The average molecular weight is 268 g/mol. The molecule has 0 unspecified atom stereocenters. The van der Waals surface area contributed by atoms with Crippen molar-refractivity contribution in [2.24, 2.45) is 0 Å². The highest BCUT2D eigenvalue weighted by atomic mass is 16.6. The van der Waals surface area contributed by atoms with E-state index in [9.17, 15) is 10.1 Å². The number of imidazole rings is 1. The van der Waals surface area contributed by atoms with Crippen molar-refractivity contribution >= 4 is 5.95 Å². The minimum absolute atomic E-state index is 0.139. The van der Waals surface area contributed by atoms with E-state index >= 15 is 0 Å². The lowest BCUT2D eigenvalue weighted by molar-refractivity contribution is -0.396. The van der Waals surface area contributed by atoms with E-state index in [0.29, 0.717) is 5.69 Å². The predicted molar refractivity (Wildman–Crippen MR) is 61.2 cm³/mol. The molecule has 0 saturated heterocycles. The molecule has 0 aliphatic carbocycles. The largest absolute Gasteiger partial charge is 0.434 e. The number of aliphatic hydroxyl groups excluding tert-OH is 2. The first-order valence-corrected chi connectivity index (χ1v) is 5.43. The van der Waals surface area contributed by atoms with Gasteiger partial charge in [-0.25, -0.2) is 9.25 Å². The Balaban J connectivity index is 2.16. The fraction of sp³-hybridized carbons (Fsp3) is 0.444. The summed E-state index contributed by atoms with van der Waals surface area (Å²) >= 11 is 0. The summed E-state index contributed by atoms with van der Waals surface area (Å²) in [5.41, 5.74) is 0.466. The molecule has 2 rings (SSSR count). The van der Waals surface area contributed by atoms with Crippen molar-refractivity contribution in [1.82, 2.24) is 24.5 Å². The highest BCUT2D eigenvalue weighted by Crippen LogP contribution is 2.11. The maximum Gasteiger partial charge on any atom is 0.434 e. The van der Waals surface area contributed by atoms with Crippen LogP contribution in [-0.4, -0.2) is 52.9 Å². The molecule has 2 N–H and O–H groups in total. The van der Waals surface area contributed by atoms with Crippen LogP contribution in [0.1, 0.15) is 11.7 Å². The van der Waals surface area contributed by atoms with Crippen LogP contribution < -0.4 is 0 Å². The SMILES string of the molecule is O=[N+]([O-])c1nccn1Cc1cn(C(CO)CO)nn1. The lowest BCUT2D eigenvalue weighted by Crippen LogP contribution is -2.17. The summed E-state index contributed by atoms with van der Waals surface area (Å²) in [7, 11) is 0. The standard InChI is InChI=1S/C9H12N6O4/c16-5-8(6-17)14-4-7(11-12-14)3-13-2-1-10-9(13)15(18)19/h1-2,4,8,16-17H,3,5-6H2. The van der Waals surface area contributed by atoms with E-state index in [2.05, 4.69) is 15.3 Å². The maximum absolute atomic E-state index is 10.7. The number of hydrogen-bond donors (Lipinski definition) is 2. The van der Waals surface area contributed by atoms with Crippen LogP contribution in [0.15, 0.2) is 18.6 Å². The summed E-state index contributed by atoms with van der Waals surface area (Å²) in [5, 5.41) is 36.3. The number of rotatable bonds is 6. The molecule has 0 radical (unpaired) electrons. The van der Waals surface area contributed by atoms with E-state index in [0.717, 1.165) is 0 Å². The third-order valence-electron chi connectivity index (χ3n) is 2.54. The van der Waals surface area contributed by atoms with E-state index in [1.807, 2.05) is 0 Å². The van der Waals surface area contributed by atoms with Gasteiger partial charge in [0.25, 0.3) is 0 Å². The van der Waals surface area contributed by atoms with Crippen LogP contribution in [0, 0.1) is 10.1 Å². The molecule has 0 fully saturated rings. The van der Waals surface area contributed by atoms with E-state index in [1.54, 1.807) is 0 Å². The van der Waals surface area contributed by atoms with Crippen LogP contribution in [0.25, 0.3) is 0 Å². The van der Waals surface area contributed by atoms with Gasteiger partial charge in [0.2, 0.25) is 0 Å². The van der Waals surface area contributed by atoms with Gasteiger partial charge in [0, 0.05) is 0 Å². The van der Waals surface area contributed by atoms with Gasteiger partial charge < -0.3 is 20.3 Å². The second-order valence-corrected chi connectivity index (χ2v) is 3.82. The van der Waals surface area contributed by atoms with Gasteiger partial charge in [-0.05, 0) is 4.92 Å². The molecule has 10 nitrogen and oxygen atoms in total. The van der Waals surface area contributed by atoms with E-state index in [1.165, 1.54) is 27.8 Å². The second-order valence-electron chi connectivity index (χ2n) is 3.82. The van der Waals surface area contributed by atoms with Crippen LogP contribution in [0.5, 0.6) is 0 Å². The first kappa shape index (κ1) is 13.1. The van der Waals surface area contributed by atoms with Crippen LogP contribution >= 0.6 is 0 Å². The Labute approximate surface area is 107 Å². The topological polar surface area (TPSA) is 132 Å². The number of nitro groups is 1. The quantitative estimate of drug-likeness (QED) is 0.505. The summed E-state index contributed by atoms with van der Waals surface area (Å²) in [4.78, 5) is 13.7. The van der Waals surface area contributed by atoms with Crippen LogP contribution in [-0.2, 0) is 6.54 Å². The molecule has 2 aromatic rings. The Morgan fingerprint density at radius 2 is 2.16 bits per heavy atom. The smallest absolute Gasteiger partial charge is 0.394 e. The molecule has 2 heterocycles. The molecular weight excluding hydrogens is 256 g/mol. The van der Waals surface area contributed by atoms with Crippen molar-refractivity contribution < 1.29 is 15.1 Å². The summed E-state index contributed by atoms with van der Waals surface area (Å²) in [6.45, 7) is -0.408. The molecule has 0 atom stereocenters. The normalized spacial score (nSPS) is 11.1. The molecule has 0 spiro atoms. The summed E-state index contributed by atoms with van der Waals surface area (Å²) in [6, 6.07) is -0.570. The van der Waals surface area contributed by atoms with Gasteiger partial charge in [-0.2, -0.15) is 0 Å². The lowest BCUT2D eigenvalue weighted by atomic mass is 10.3. The van der Waals surface area contributed by atoms with Crippen LogP contribution in [0.3, 0.4) is 0 Å². The number of aliphatic hydroxyl groups is 2. The Morgan fingerprint density at radius 3 is 2.79 bits per heavy atom. The zero-order valence-electron chi connectivity index (χ0n) is 9.82. The van der Waals surface area contributed by atoms with E-state index in [4.69, 9.17) is 10.2 Å². The molecule has 0 aliphatic heterocycles. The van der Waals surface area contributed by atoms with Gasteiger partial charge in [-0.3, -0.25) is 0 Å². The fourth-order valence-corrected chi connectivity index (χ4v) is 1.56. The van der Waals surface area contributed by atoms with Crippen molar-refractivity contribution in [3.63, 3.8) is 0 Å². The Morgan fingerprint density at radius 1 is 1.42 bits per heavy atom. The summed E-state index contributed by atoms with van der Waals surface area (Å²) < 4.78 is 2.64. The van der Waals surface area contributed by atoms with Gasteiger partial charge in [-0.15, -0.1) is 5.10 Å². The maximum atomic E-state index is 10.7.